The molecule has 3 aromatic rings. The molecule has 5 heteroatoms. The average molecular weight is 370 g/mol. The number of aliphatic imine (C=N–C) groups is 1. The van der Waals surface area contributed by atoms with Crippen molar-refractivity contribution in [1.29, 1.82) is 0 Å². The summed E-state index contributed by atoms with van der Waals surface area (Å²) in [4.78, 5) is 16.5. The maximum atomic E-state index is 12.8. The van der Waals surface area contributed by atoms with Crippen molar-refractivity contribution in [3.8, 4) is 0 Å². The molecule has 2 aromatic carbocycles. The van der Waals surface area contributed by atoms with Crippen LogP contribution >= 0.6 is 0 Å². The number of hydrogen-bond donors (Lipinski definition) is 2. The van der Waals surface area contributed by atoms with Crippen LogP contribution in [0.5, 0.6) is 0 Å². The van der Waals surface area contributed by atoms with E-state index in [4.69, 9.17) is 0 Å². The van der Waals surface area contributed by atoms with Crippen molar-refractivity contribution in [2.45, 2.75) is 25.3 Å². The smallest absolute Gasteiger partial charge is 0.272 e. The third kappa shape index (κ3) is 3.64. The minimum absolute atomic E-state index is 0.135. The summed E-state index contributed by atoms with van der Waals surface area (Å²) in [7, 11) is 0. The number of benzene rings is 2. The third-order valence-electron chi connectivity index (χ3n) is 5.11. The molecular formula is C23H22N4O. The molecule has 5 nitrogen and oxygen atoms in total. The van der Waals surface area contributed by atoms with Crippen molar-refractivity contribution in [1.82, 2.24) is 15.5 Å². The molecule has 1 heterocycles. The summed E-state index contributed by atoms with van der Waals surface area (Å²) >= 11 is 0. The molecule has 1 aliphatic carbocycles. The standard InChI is InChI=1S/C23H22N4O/c1-15(7-6-12-24-2)17-10-11-20-19(13-17)22(27-26-20)23(28)25-21-14-18(21)16-8-4-3-5-9-16/h3-13,18,21H,2,14H2,1H3,(H,25,28)(H,26,27)/b12-6-,15-7+/t18-,21?/m1/s1. The van der Waals surface area contributed by atoms with Crippen LogP contribution in [0.25, 0.3) is 16.5 Å². The van der Waals surface area contributed by atoms with Gasteiger partial charge in [0.25, 0.3) is 5.91 Å². The summed E-state index contributed by atoms with van der Waals surface area (Å²) in [6, 6.07) is 16.4. The molecule has 1 aliphatic rings. The van der Waals surface area contributed by atoms with Gasteiger partial charge in [0, 0.05) is 23.5 Å². The van der Waals surface area contributed by atoms with Crippen LogP contribution in [0.3, 0.4) is 0 Å². The third-order valence-corrected chi connectivity index (χ3v) is 5.11. The molecule has 1 saturated carbocycles. The maximum Gasteiger partial charge on any atom is 0.272 e. The van der Waals surface area contributed by atoms with E-state index < -0.39 is 0 Å². The monoisotopic (exact) mass is 370 g/mol. The number of nitrogens with zero attached hydrogens (tertiary/aromatic N) is 2. The first-order valence-corrected chi connectivity index (χ1v) is 9.31. The van der Waals surface area contributed by atoms with Crippen LogP contribution in [0.15, 0.2) is 71.9 Å². The van der Waals surface area contributed by atoms with Crippen LogP contribution in [-0.4, -0.2) is 28.9 Å². The average Bonchev–Trinajstić information content (AvgIpc) is 3.35. The number of H-pyrrole nitrogens is 1. The Morgan fingerprint density at radius 1 is 1.29 bits per heavy atom. The number of carbonyl (C=O) groups excluding carboxylic acids is 1. The van der Waals surface area contributed by atoms with Crippen molar-refractivity contribution in [3.63, 3.8) is 0 Å². The van der Waals surface area contributed by atoms with Gasteiger partial charge in [0.05, 0.1) is 5.52 Å². The molecule has 1 aromatic heterocycles. The van der Waals surface area contributed by atoms with E-state index in [1.807, 2.05) is 55.5 Å². The van der Waals surface area contributed by atoms with Gasteiger partial charge < -0.3 is 5.32 Å². The van der Waals surface area contributed by atoms with Gasteiger partial charge in [0.2, 0.25) is 0 Å². The summed E-state index contributed by atoms with van der Waals surface area (Å²) in [6.45, 7) is 5.44. The minimum atomic E-state index is -0.135. The van der Waals surface area contributed by atoms with Crippen LogP contribution in [-0.2, 0) is 0 Å². The van der Waals surface area contributed by atoms with Crippen molar-refractivity contribution in [3.05, 3.63) is 83.7 Å². The molecule has 140 valence electrons. The zero-order valence-corrected chi connectivity index (χ0v) is 15.7. The minimum Gasteiger partial charge on any atom is -0.347 e. The first-order chi connectivity index (χ1) is 13.7. The highest BCUT2D eigenvalue weighted by atomic mass is 16.2. The predicted octanol–water partition coefficient (Wildman–Crippen LogP) is 4.47. The Hall–Kier alpha value is -3.47. The maximum absolute atomic E-state index is 12.8. The Morgan fingerprint density at radius 3 is 2.89 bits per heavy atom. The summed E-state index contributed by atoms with van der Waals surface area (Å²) in [5.74, 6) is 0.255. The van der Waals surface area contributed by atoms with E-state index in [1.54, 1.807) is 6.20 Å². The first-order valence-electron chi connectivity index (χ1n) is 9.31. The largest absolute Gasteiger partial charge is 0.347 e. The fraction of sp³-hybridized carbons (Fsp3) is 0.174. The number of allylic oxidation sites excluding steroid dienone is 3. The quantitative estimate of drug-likeness (QED) is 0.496. The summed E-state index contributed by atoms with van der Waals surface area (Å²) in [6.07, 6.45) is 6.41. The number of aromatic amines is 1. The first kappa shape index (κ1) is 17.9. The molecule has 1 unspecified atom stereocenters. The number of carbonyl (C=O) groups is 1. The van der Waals surface area contributed by atoms with Gasteiger partial charge in [-0.2, -0.15) is 5.10 Å². The molecule has 0 bridgehead atoms. The van der Waals surface area contributed by atoms with Gasteiger partial charge in [-0.25, -0.2) is 0 Å². The normalized spacial score (nSPS) is 19.1. The molecule has 0 saturated heterocycles. The molecule has 1 amide bonds. The number of aromatic nitrogens is 2. The van der Waals surface area contributed by atoms with Gasteiger partial charge in [-0.1, -0.05) is 42.5 Å². The Bertz CT molecular complexity index is 1080. The number of nitrogens with one attached hydrogen (secondary N) is 2. The molecule has 4 rings (SSSR count). The van der Waals surface area contributed by atoms with E-state index in [0.717, 1.165) is 28.5 Å². The van der Waals surface area contributed by atoms with E-state index in [9.17, 15) is 4.79 Å². The van der Waals surface area contributed by atoms with Crippen LogP contribution in [0.1, 0.15) is 40.9 Å². The van der Waals surface area contributed by atoms with Crippen LogP contribution in [0.2, 0.25) is 0 Å². The lowest BCUT2D eigenvalue weighted by Gasteiger charge is -2.05. The van der Waals surface area contributed by atoms with E-state index in [0.29, 0.717) is 11.6 Å². The topological polar surface area (TPSA) is 70.1 Å². The van der Waals surface area contributed by atoms with Crippen molar-refractivity contribution in [2.75, 3.05) is 0 Å². The number of amides is 1. The molecule has 0 radical (unpaired) electrons. The number of hydrogen-bond acceptors (Lipinski definition) is 3. The number of rotatable bonds is 6. The molecular weight excluding hydrogens is 348 g/mol. The summed E-state index contributed by atoms with van der Waals surface area (Å²) in [5.41, 5.74) is 4.66. The van der Waals surface area contributed by atoms with Crippen molar-refractivity contribution >= 4 is 29.1 Å². The highest BCUT2D eigenvalue weighted by Crippen LogP contribution is 2.40. The molecule has 0 spiro atoms. The molecule has 28 heavy (non-hydrogen) atoms. The fourth-order valence-corrected chi connectivity index (χ4v) is 3.44. The van der Waals surface area contributed by atoms with E-state index in [-0.39, 0.29) is 11.9 Å². The van der Waals surface area contributed by atoms with Crippen LogP contribution in [0, 0.1) is 0 Å². The van der Waals surface area contributed by atoms with Gasteiger partial charge in [-0.3, -0.25) is 14.9 Å². The van der Waals surface area contributed by atoms with E-state index >= 15 is 0 Å². The second-order valence-corrected chi connectivity index (χ2v) is 7.04. The lowest BCUT2D eigenvalue weighted by molar-refractivity contribution is 0.0947. The van der Waals surface area contributed by atoms with Gasteiger partial charge >= 0.3 is 0 Å². The lowest BCUT2D eigenvalue weighted by atomic mass is 10.0. The van der Waals surface area contributed by atoms with Gasteiger partial charge in [-0.15, -0.1) is 0 Å². The van der Waals surface area contributed by atoms with Gasteiger partial charge in [-0.05, 0) is 55.0 Å². The predicted molar refractivity (Wildman–Crippen MR) is 113 cm³/mol. The molecule has 2 N–H and O–H groups in total. The second kappa shape index (κ2) is 7.64. The zero-order chi connectivity index (χ0) is 19.5. The van der Waals surface area contributed by atoms with Crippen molar-refractivity contribution in [2.24, 2.45) is 4.99 Å². The summed E-state index contributed by atoms with van der Waals surface area (Å²) < 4.78 is 0. The van der Waals surface area contributed by atoms with Crippen LogP contribution in [0.4, 0.5) is 0 Å². The fourth-order valence-electron chi connectivity index (χ4n) is 3.44. The highest BCUT2D eigenvalue weighted by Gasteiger charge is 2.39. The van der Waals surface area contributed by atoms with E-state index in [2.05, 4.69) is 39.4 Å². The Labute approximate surface area is 163 Å². The Kier molecular flexibility index (Phi) is 4.89. The second-order valence-electron chi connectivity index (χ2n) is 7.04. The van der Waals surface area contributed by atoms with E-state index in [1.165, 1.54) is 5.56 Å². The Balaban J connectivity index is 1.53. The van der Waals surface area contributed by atoms with Crippen molar-refractivity contribution < 1.29 is 4.79 Å². The van der Waals surface area contributed by atoms with Gasteiger partial charge in [0.15, 0.2) is 5.69 Å². The SMILES string of the molecule is C=N/C=C\C=C(/C)c1ccc2[nH]nc(C(=O)NC3C[C@@H]3c3ccccc3)c2c1. The molecule has 1 fully saturated rings. The van der Waals surface area contributed by atoms with Gasteiger partial charge in [0.1, 0.15) is 0 Å². The molecule has 0 aliphatic heterocycles. The Morgan fingerprint density at radius 2 is 2.11 bits per heavy atom. The van der Waals surface area contributed by atoms with Crippen LogP contribution < -0.4 is 5.32 Å². The zero-order valence-electron chi connectivity index (χ0n) is 15.7. The summed E-state index contributed by atoms with van der Waals surface area (Å²) in [5, 5.41) is 11.2. The number of fused-ring (bicyclic) bond motifs is 1. The lowest BCUT2D eigenvalue weighted by Crippen LogP contribution is -2.27. The molecule has 2 atom stereocenters. The highest BCUT2D eigenvalue weighted by molar-refractivity contribution is 6.05.